The molecule has 25 heavy (non-hydrogen) atoms. The third-order valence-corrected chi connectivity index (χ3v) is 3.98. The van der Waals surface area contributed by atoms with E-state index < -0.39 is 17.9 Å². The van der Waals surface area contributed by atoms with E-state index in [4.69, 9.17) is 5.73 Å². The SMILES string of the molecule is CCCCCCCC[C@H](NC(=O)c1ccccc1NC(C)=O)C(N)=O. The zero-order valence-corrected chi connectivity index (χ0v) is 15.1. The van der Waals surface area contributed by atoms with Gasteiger partial charge in [-0.2, -0.15) is 0 Å². The minimum Gasteiger partial charge on any atom is -0.368 e. The van der Waals surface area contributed by atoms with Crippen LogP contribution in [-0.2, 0) is 9.59 Å². The maximum atomic E-state index is 12.5. The van der Waals surface area contributed by atoms with Crippen LogP contribution in [-0.4, -0.2) is 23.8 Å². The van der Waals surface area contributed by atoms with Crippen molar-refractivity contribution in [1.82, 2.24) is 5.32 Å². The maximum Gasteiger partial charge on any atom is 0.254 e. The molecule has 4 N–H and O–H groups in total. The Morgan fingerprint density at radius 2 is 1.68 bits per heavy atom. The molecule has 1 rings (SSSR count). The minimum absolute atomic E-state index is 0.265. The van der Waals surface area contributed by atoms with Crippen molar-refractivity contribution in [3.63, 3.8) is 0 Å². The number of unbranched alkanes of at least 4 members (excludes halogenated alkanes) is 5. The molecule has 0 aliphatic rings. The average molecular weight is 347 g/mol. The Balaban J connectivity index is 2.62. The molecule has 1 aromatic carbocycles. The lowest BCUT2D eigenvalue weighted by Gasteiger charge is -2.17. The van der Waals surface area contributed by atoms with Crippen molar-refractivity contribution < 1.29 is 14.4 Å². The molecule has 0 aromatic heterocycles. The summed E-state index contributed by atoms with van der Waals surface area (Å²) in [5, 5.41) is 5.30. The number of hydrogen-bond acceptors (Lipinski definition) is 3. The molecule has 0 unspecified atom stereocenters. The molecule has 0 aliphatic heterocycles. The van der Waals surface area contributed by atoms with Gasteiger partial charge in [0.15, 0.2) is 0 Å². The predicted octanol–water partition coefficient (Wildman–Crippen LogP) is 2.98. The summed E-state index contributed by atoms with van der Waals surface area (Å²) in [7, 11) is 0. The summed E-state index contributed by atoms with van der Waals surface area (Å²) in [6, 6.07) is 5.97. The number of anilines is 1. The molecule has 0 radical (unpaired) electrons. The quantitative estimate of drug-likeness (QED) is 0.536. The van der Waals surface area contributed by atoms with Gasteiger partial charge in [0, 0.05) is 6.92 Å². The van der Waals surface area contributed by atoms with Crippen molar-refractivity contribution in [2.24, 2.45) is 5.73 Å². The van der Waals surface area contributed by atoms with Gasteiger partial charge in [0.2, 0.25) is 11.8 Å². The van der Waals surface area contributed by atoms with Crippen LogP contribution in [0.25, 0.3) is 0 Å². The van der Waals surface area contributed by atoms with E-state index in [0.717, 1.165) is 19.3 Å². The second kappa shape index (κ2) is 11.2. The van der Waals surface area contributed by atoms with E-state index in [1.165, 1.54) is 26.2 Å². The van der Waals surface area contributed by atoms with E-state index >= 15 is 0 Å². The fraction of sp³-hybridized carbons (Fsp3) is 0.526. The van der Waals surface area contributed by atoms with Gasteiger partial charge in [-0.1, -0.05) is 57.6 Å². The van der Waals surface area contributed by atoms with Gasteiger partial charge in [-0.05, 0) is 18.6 Å². The van der Waals surface area contributed by atoms with Gasteiger partial charge in [0.1, 0.15) is 6.04 Å². The summed E-state index contributed by atoms with van der Waals surface area (Å²) < 4.78 is 0. The van der Waals surface area contributed by atoms with Crippen LogP contribution in [0.3, 0.4) is 0 Å². The molecule has 0 fully saturated rings. The molecule has 0 saturated carbocycles. The highest BCUT2D eigenvalue weighted by Crippen LogP contribution is 2.16. The van der Waals surface area contributed by atoms with Crippen LogP contribution in [0.1, 0.15) is 69.2 Å². The average Bonchev–Trinajstić information content (AvgIpc) is 2.56. The largest absolute Gasteiger partial charge is 0.368 e. The standard InChI is InChI=1S/C19H29N3O3/c1-3-4-5-6-7-8-13-17(18(20)24)22-19(25)15-11-9-10-12-16(15)21-14(2)23/h9-12,17H,3-8,13H2,1-2H3,(H2,20,24)(H,21,23)(H,22,25)/t17-/m0/s1. The second-order valence-electron chi connectivity index (χ2n) is 6.21. The van der Waals surface area contributed by atoms with Crippen molar-refractivity contribution in [3.8, 4) is 0 Å². The highest BCUT2D eigenvalue weighted by Gasteiger charge is 2.20. The molecule has 0 aliphatic carbocycles. The summed E-state index contributed by atoms with van der Waals surface area (Å²) >= 11 is 0. The first-order valence-corrected chi connectivity index (χ1v) is 8.92. The van der Waals surface area contributed by atoms with Gasteiger partial charge >= 0.3 is 0 Å². The Morgan fingerprint density at radius 1 is 1.04 bits per heavy atom. The van der Waals surface area contributed by atoms with Crippen molar-refractivity contribution >= 4 is 23.4 Å². The van der Waals surface area contributed by atoms with Crippen LogP contribution in [0.2, 0.25) is 0 Å². The second-order valence-corrected chi connectivity index (χ2v) is 6.21. The number of nitrogens with two attached hydrogens (primary N) is 1. The van der Waals surface area contributed by atoms with Gasteiger partial charge in [0.05, 0.1) is 11.3 Å². The zero-order valence-electron chi connectivity index (χ0n) is 15.1. The Morgan fingerprint density at radius 3 is 2.32 bits per heavy atom. The van der Waals surface area contributed by atoms with E-state index in [0.29, 0.717) is 17.7 Å². The van der Waals surface area contributed by atoms with Crippen molar-refractivity contribution in [2.75, 3.05) is 5.32 Å². The van der Waals surface area contributed by atoms with Gasteiger partial charge in [-0.3, -0.25) is 14.4 Å². The molecule has 138 valence electrons. The molecule has 3 amide bonds. The highest BCUT2D eigenvalue weighted by molar-refractivity contribution is 6.04. The maximum absolute atomic E-state index is 12.5. The molecule has 6 nitrogen and oxygen atoms in total. The smallest absolute Gasteiger partial charge is 0.254 e. The normalized spacial score (nSPS) is 11.6. The molecule has 0 spiro atoms. The Hall–Kier alpha value is -2.37. The molecular weight excluding hydrogens is 318 g/mol. The molecule has 0 saturated heterocycles. The minimum atomic E-state index is -0.705. The van der Waals surface area contributed by atoms with E-state index in [1.807, 2.05) is 0 Å². The van der Waals surface area contributed by atoms with Crippen LogP contribution < -0.4 is 16.4 Å². The number of benzene rings is 1. The summed E-state index contributed by atoms with van der Waals surface area (Å²) in [6.07, 6.45) is 7.10. The van der Waals surface area contributed by atoms with Crippen molar-refractivity contribution in [2.45, 2.75) is 64.8 Å². The monoisotopic (exact) mass is 347 g/mol. The summed E-state index contributed by atoms with van der Waals surface area (Å²) in [5.41, 5.74) is 6.15. The number of rotatable bonds is 11. The molecule has 1 atom stereocenters. The lowest BCUT2D eigenvalue weighted by Crippen LogP contribution is -2.44. The van der Waals surface area contributed by atoms with E-state index in [-0.39, 0.29) is 5.91 Å². The van der Waals surface area contributed by atoms with Crippen LogP contribution in [0.5, 0.6) is 0 Å². The Labute approximate surface area is 149 Å². The Kier molecular flexibility index (Phi) is 9.29. The van der Waals surface area contributed by atoms with Crippen molar-refractivity contribution in [1.29, 1.82) is 0 Å². The number of carbonyl (C=O) groups is 3. The zero-order chi connectivity index (χ0) is 18.7. The Bertz CT molecular complexity index is 587. The van der Waals surface area contributed by atoms with E-state index in [2.05, 4.69) is 17.6 Å². The topological polar surface area (TPSA) is 101 Å². The van der Waals surface area contributed by atoms with E-state index in [1.54, 1.807) is 24.3 Å². The lowest BCUT2D eigenvalue weighted by molar-refractivity contribution is -0.120. The van der Waals surface area contributed by atoms with E-state index in [9.17, 15) is 14.4 Å². The molecule has 0 bridgehead atoms. The van der Waals surface area contributed by atoms with Crippen LogP contribution >= 0.6 is 0 Å². The third kappa shape index (κ3) is 7.83. The van der Waals surface area contributed by atoms with Crippen molar-refractivity contribution in [3.05, 3.63) is 29.8 Å². The first-order chi connectivity index (χ1) is 12.0. The fourth-order valence-electron chi connectivity index (χ4n) is 2.63. The molecule has 6 heteroatoms. The molecule has 0 heterocycles. The highest BCUT2D eigenvalue weighted by atomic mass is 16.2. The van der Waals surface area contributed by atoms with Crippen LogP contribution in [0, 0.1) is 0 Å². The lowest BCUT2D eigenvalue weighted by atomic mass is 10.0. The number of nitrogens with one attached hydrogen (secondary N) is 2. The summed E-state index contributed by atoms with van der Waals surface area (Å²) in [5.74, 6) is -1.23. The first-order valence-electron chi connectivity index (χ1n) is 8.92. The fourth-order valence-corrected chi connectivity index (χ4v) is 2.63. The van der Waals surface area contributed by atoms with Gasteiger partial charge in [-0.15, -0.1) is 0 Å². The first kappa shape index (κ1) is 20.7. The van der Waals surface area contributed by atoms with Gasteiger partial charge in [-0.25, -0.2) is 0 Å². The number of primary amides is 1. The van der Waals surface area contributed by atoms with Gasteiger partial charge < -0.3 is 16.4 Å². The number of para-hydroxylation sites is 1. The molecule has 1 aromatic rings. The third-order valence-electron chi connectivity index (χ3n) is 3.98. The molecular formula is C19H29N3O3. The number of amides is 3. The predicted molar refractivity (Wildman–Crippen MR) is 99.2 cm³/mol. The number of carbonyl (C=O) groups excluding carboxylic acids is 3. The van der Waals surface area contributed by atoms with Crippen LogP contribution in [0.15, 0.2) is 24.3 Å². The van der Waals surface area contributed by atoms with Gasteiger partial charge in [0.25, 0.3) is 5.91 Å². The van der Waals surface area contributed by atoms with Crippen LogP contribution in [0.4, 0.5) is 5.69 Å². The summed E-state index contributed by atoms with van der Waals surface area (Å²) in [4.78, 5) is 35.3. The number of hydrogen-bond donors (Lipinski definition) is 3. The summed E-state index contributed by atoms with van der Waals surface area (Å²) in [6.45, 7) is 3.54.